The minimum absolute atomic E-state index is 0. The Kier molecular flexibility index (Phi) is 6.42. The van der Waals surface area contributed by atoms with Gasteiger partial charge >= 0.3 is 5.97 Å². The quantitative estimate of drug-likeness (QED) is 0.250. The molecule has 0 unspecified atom stereocenters. The number of thiophene rings is 1. The van der Waals surface area contributed by atoms with Crippen LogP contribution in [0.15, 0.2) is 58.3 Å². The third-order valence-electron chi connectivity index (χ3n) is 4.57. The van der Waals surface area contributed by atoms with Gasteiger partial charge in [0, 0.05) is 24.9 Å². The molecular weight excluding hydrogens is 441 g/mol. The molecule has 2 aromatic heterocycles. The van der Waals surface area contributed by atoms with Crippen molar-refractivity contribution in [1.29, 1.82) is 0 Å². The zero-order chi connectivity index (χ0) is 21.4. The third-order valence-corrected chi connectivity index (χ3v) is 5.72. The average Bonchev–Trinajstić information content (AvgIpc) is 3.12. The maximum atomic E-state index is 13.5. The van der Waals surface area contributed by atoms with E-state index in [4.69, 9.17) is 4.74 Å². The summed E-state index contributed by atoms with van der Waals surface area (Å²) in [7, 11) is 4.95. The normalized spacial score (nSPS) is 11.1. The number of benzene rings is 2. The number of hydrogen-bond acceptors (Lipinski definition) is 5. The summed E-state index contributed by atoms with van der Waals surface area (Å²) in [6, 6.07) is 12.8. The number of aliphatic imine (C=N–C) groups is 1. The topological polar surface area (TPSA) is 63.9 Å². The standard InChI is InChI=1S/C22H18FN3O3S.ClH/c1-25(2)12-24-18-17-15-6-4-5-7-16(15)20(27)26(14-10-8-13(23)9-11-14)21(17)30-19(18)22(28)29-3;/h4-12H,1-3H3;1H. The highest BCUT2D eigenvalue weighted by atomic mass is 35.5. The molecule has 0 aliphatic rings. The Bertz CT molecular complexity index is 1360. The van der Waals surface area contributed by atoms with E-state index in [0.29, 0.717) is 32.4 Å². The lowest BCUT2D eigenvalue weighted by molar-refractivity contribution is 0.0607. The van der Waals surface area contributed by atoms with Gasteiger partial charge in [-0.1, -0.05) is 18.2 Å². The van der Waals surface area contributed by atoms with E-state index in [2.05, 4.69) is 4.99 Å². The van der Waals surface area contributed by atoms with Crippen molar-refractivity contribution in [3.63, 3.8) is 0 Å². The van der Waals surface area contributed by atoms with Crippen LogP contribution in [0, 0.1) is 5.82 Å². The Labute approximate surface area is 187 Å². The zero-order valence-corrected chi connectivity index (χ0v) is 18.6. The Balaban J connectivity index is 0.00000272. The molecule has 0 saturated heterocycles. The van der Waals surface area contributed by atoms with E-state index >= 15 is 0 Å². The molecule has 9 heteroatoms. The van der Waals surface area contributed by atoms with Crippen molar-refractivity contribution in [2.75, 3.05) is 21.2 Å². The van der Waals surface area contributed by atoms with Crippen molar-refractivity contribution in [3.05, 3.63) is 69.6 Å². The molecule has 2 heterocycles. The molecule has 0 bridgehead atoms. The molecule has 0 fully saturated rings. The van der Waals surface area contributed by atoms with Gasteiger partial charge in [0.15, 0.2) is 0 Å². The SMILES string of the molecule is COC(=O)c1sc2c(c1N=CN(C)C)c1ccccc1c(=O)n2-c1ccc(F)cc1.Cl. The lowest BCUT2D eigenvalue weighted by Crippen LogP contribution is -2.18. The van der Waals surface area contributed by atoms with Crippen LogP contribution in [0.5, 0.6) is 0 Å². The number of hydrogen-bond donors (Lipinski definition) is 0. The molecule has 0 aliphatic heterocycles. The van der Waals surface area contributed by atoms with Crippen LogP contribution < -0.4 is 5.56 Å². The number of aromatic nitrogens is 1. The third kappa shape index (κ3) is 3.92. The van der Waals surface area contributed by atoms with Gasteiger partial charge in [-0.25, -0.2) is 14.2 Å². The Morgan fingerprint density at radius 1 is 1.13 bits per heavy atom. The molecule has 160 valence electrons. The Morgan fingerprint density at radius 3 is 2.39 bits per heavy atom. The second kappa shape index (κ2) is 8.87. The molecule has 0 aliphatic carbocycles. The minimum Gasteiger partial charge on any atom is -0.465 e. The van der Waals surface area contributed by atoms with Crippen LogP contribution in [-0.4, -0.2) is 43.0 Å². The van der Waals surface area contributed by atoms with Gasteiger partial charge in [-0.15, -0.1) is 23.7 Å². The summed E-state index contributed by atoms with van der Waals surface area (Å²) in [5.74, 6) is -0.939. The molecule has 0 amide bonds. The molecule has 4 aromatic rings. The molecule has 0 saturated carbocycles. The summed E-state index contributed by atoms with van der Waals surface area (Å²) in [5.41, 5.74) is 0.672. The Morgan fingerprint density at radius 2 is 1.77 bits per heavy atom. The highest BCUT2D eigenvalue weighted by molar-refractivity contribution is 7.21. The van der Waals surface area contributed by atoms with Crippen molar-refractivity contribution < 1.29 is 13.9 Å². The van der Waals surface area contributed by atoms with Gasteiger partial charge in [-0.3, -0.25) is 9.36 Å². The number of rotatable bonds is 4. The van der Waals surface area contributed by atoms with Crippen LogP contribution in [0.2, 0.25) is 0 Å². The van der Waals surface area contributed by atoms with Gasteiger partial charge in [-0.05, 0) is 35.7 Å². The summed E-state index contributed by atoms with van der Waals surface area (Å²) >= 11 is 1.13. The summed E-state index contributed by atoms with van der Waals surface area (Å²) in [6.45, 7) is 0. The maximum Gasteiger partial charge on any atom is 0.350 e. The van der Waals surface area contributed by atoms with Gasteiger partial charge < -0.3 is 9.64 Å². The summed E-state index contributed by atoms with van der Waals surface area (Å²) < 4.78 is 19.9. The second-order valence-electron chi connectivity index (χ2n) is 6.82. The van der Waals surface area contributed by atoms with Crippen LogP contribution in [-0.2, 0) is 4.74 Å². The van der Waals surface area contributed by atoms with Crippen molar-refractivity contribution >= 4 is 62.7 Å². The first-order valence-electron chi connectivity index (χ1n) is 9.07. The van der Waals surface area contributed by atoms with E-state index in [-0.39, 0.29) is 22.8 Å². The number of nitrogens with zero attached hydrogens (tertiary/aromatic N) is 3. The Hall–Kier alpha value is -3.23. The smallest absolute Gasteiger partial charge is 0.350 e. The van der Waals surface area contributed by atoms with Crippen LogP contribution in [0.25, 0.3) is 26.7 Å². The lowest BCUT2D eigenvalue weighted by atomic mass is 10.1. The number of carbonyl (C=O) groups excluding carboxylic acids is 1. The molecule has 0 radical (unpaired) electrons. The van der Waals surface area contributed by atoms with E-state index in [0.717, 1.165) is 11.3 Å². The van der Waals surface area contributed by atoms with Crippen molar-refractivity contribution in [2.45, 2.75) is 0 Å². The number of esters is 1. The van der Waals surface area contributed by atoms with E-state index in [1.165, 1.54) is 35.9 Å². The minimum atomic E-state index is -0.538. The number of pyridine rings is 1. The predicted octanol–water partition coefficient (Wildman–Crippen LogP) is 4.77. The lowest BCUT2D eigenvalue weighted by Gasteiger charge is -2.11. The molecule has 0 N–H and O–H groups in total. The van der Waals surface area contributed by atoms with E-state index in [9.17, 15) is 14.0 Å². The van der Waals surface area contributed by atoms with Crippen molar-refractivity contribution in [1.82, 2.24) is 9.47 Å². The van der Waals surface area contributed by atoms with Gasteiger partial charge in [0.1, 0.15) is 21.2 Å². The van der Waals surface area contributed by atoms with Crippen LogP contribution in [0.3, 0.4) is 0 Å². The first-order chi connectivity index (χ1) is 14.4. The first-order valence-corrected chi connectivity index (χ1v) is 9.89. The largest absolute Gasteiger partial charge is 0.465 e. The van der Waals surface area contributed by atoms with Crippen molar-refractivity contribution in [2.24, 2.45) is 4.99 Å². The van der Waals surface area contributed by atoms with Crippen molar-refractivity contribution in [3.8, 4) is 5.69 Å². The highest BCUT2D eigenvalue weighted by Gasteiger charge is 2.24. The van der Waals surface area contributed by atoms with Gasteiger partial charge in [-0.2, -0.15) is 0 Å². The first kappa shape index (κ1) is 22.5. The van der Waals surface area contributed by atoms with E-state index in [1.54, 1.807) is 23.4 Å². The number of fused-ring (bicyclic) bond motifs is 3. The number of carbonyl (C=O) groups is 1. The predicted molar refractivity (Wildman–Crippen MR) is 125 cm³/mol. The summed E-state index contributed by atoms with van der Waals surface area (Å²) in [5, 5.41) is 1.83. The fourth-order valence-corrected chi connectivity index (χ4v) is 4.46. The van der Waals surface area contributed by atoms with Gasteiger partial charge in [0.25, 0.3) is 5.56 Å². The van der Waals surface area contributed by atoms with E-state index < -0.39 is 11.8 Å². The molecular formula is C22H19ClFN3O3S. The molecule has 2 aromatic carbocycles. The fourth-order valence-electron chi connectivity index (χ4n) is 3.26. The molecule has 31 heavy (non-hydrogen) atoms. The average molecular weight is 460 g/mol. The summed E-state index contributed by atoms with van der Waals surface area (Å²) in [4.78, 5) is 33.0. The molecule has 6 nitrogen and oxygen atoms in total. The number of methoxy groups -OCH3 is 1. The zero-order valence-electron chi connectivity index (χ0n) is 17.0. The fraction of sp³-hybridized carbons (Fsp3) is 0.136. The monoisotopic (exact) mass is 459 g/mol. The number of ether oxygens (including phenoxy) is 1. The van der Waals surface area contributed by atoms with Crippen LogP contribution in [0.4, 0.5) is 10.1 Å². The van der Waals surface area contributed by atoms with Gasteiger partial charge in [0.2, 0.25) is 0 Å². The second-order valence-corrected chi connectivity index (χ2v) is 7.82. The summed E-state index contributed by atoms with van der Waals surface area (Å²) in [6.07, 6.45) is 1.59. The van der Waals surface area contributed by atoms with E-state index in [1.807, 2.05) is 26.2 Å². The van der Waals surface area contributed by atoms with Crippen LogP contribution >= 0.6 is 23.7 Å². The molecule has 0 spiro atoms. The number of halogens is 2. The highest BCUT2D eigenvalue weighted by Crippen LogP contribution is 2.42. The molecule has 4 rings (SSSR count). The molecule has 0 atom stereocenters. The van der Waals surface area contributed by atoms with Crippen LogP contribution in [0.1, 0.15) is 9.67 Å². The maximum absolute atomic E-state index is 13.5. The van der Waals surface area contributed by atoms with Gasteiger partial charge in [0.05, 0.1) is 19.1 Å².